The molecule has 0 aromatic heterocycles. The molecule has 0 amide bonds. The molecule has 0 saturated carbocycles. The van der Waals surface area contributed by atoms with E-state index in [9.17, 15) is 5.11 Å². The van der Waals surface area contributed by atoms with Gasteiger partial charge >= 0.3 is 0 Å². The van der Waals surface area contributed by atoms with Gasteiger partial charge in [0.05, 0.1) is 0 Å². The normalized spacial score (nSPS) is 11.5. The van der Waals surface area contributed by atoms with Crippen LogP contribution in [0.4, 0.5) is 0 Å². The molecule has 0 saturated heterocycles. The zero-order valence-corrected chi connectivity index (χ0v) is 12.3. The lowest BCUT2D eigenvalue weighted by Gasteiger charge is -2.31. The molecule has 2 heteroatoms. The SMILES string of the molecule is CCC(CC)(Sc1ccc(O)cc1)c1ccccc1. The number of phenols is 1. The summed E-state index contributed by atoms with van der Waals surface area (Å²) < 4.78 is 0.109. The van der Waals surface area contributed by atoms with Gasteiger partial charge < -0.3 is 5.11 Å². The number of phenolic OH excluding ortho intramolecular Hbond substituents is 1. The monoisotopic (exact) mass is 272 g/mol. The molecule has 0 atom stereocenters. The van der Waals surface area contributed by atoms with Gasteiger partial charge in [-0.15, -0.1) is 11.8 Å². The summed E-state index contributed by atoms with van der Waals surface area (Å²) >= 11 is 1.89. The topological polar surface area (TPSA) is 20.2 Å². The highest BCUT2D eigenvalue weighted by atomic mass is 32.2. The van der Waals surface area contributed by atoms with E-state index in [1.165, 1.54) is 10.5 Å². The standard InChI is InChI=1S/C17H20OS/c1-3-17(4-2,14-8-6-5-7-9-14)19-16-12-10-15(18)11-13-16/h5-13,18H,3-4H2,1-2H3. The highest BCUT2D eigenvalue weighted by Gasteiger charge is 2.29. The summed E-state index contributed by atoms with van der Waals surface area (Å²) in [5, 5.41) is 9.38. The van der Waals surface area contributed by atoms with Crippen molar-refractivity contribution in [2.45, 2.75) is 36.3 Å². The van der Waals surface area contributed by atoms with Gasteiger partial charge in [0.2, 0.25) is 0 Å². The minimum atomic E-state index is 0.109. The van der Waals surface area contributed by atoms with Crippen LogP contribution in [0.2, 0.25) is 0 Å². The van der Waals surface area contributed by atoms with Gasteiger partial charge in [-0.3, -0.25) is 0 Å². The summed E-state index contributed by atoms with van der Waals surface area (Å²) in [5.74, 6) is 0.322. The van der Waals surface area contributed by atoms with Crippen molar-refractivity contribution < 1.29 is 5.11 Å². The third-order valence-electron chi connectivity index (χ3n) is 3.59. The maximum absolute atomic E-state index is 9.38. The Morgan fingerprint density at radius 2 is 1.47 bits per heavy atom. The first kappa shape index (κ1) is 14.0. The van der Waals surface area contributed by atoms with Gasteiger partial charge in [0, 0.05) is 9.64 Å². The number of rotatable bonds is 5. The number of aromatic hydroxyl groups is 1. The van der Waals surface area contributed by atoms with Gasteiger partial charge in [-0.2, -0.15) is 0 Å². The van der Waals surface area contributed by atoms with Crippen molar-refractivity contribution >= 4 is 11.8 Å². The largest absolute Gasteiger partial charge is 0.508 e. The van der Waals surface area contributed by atoms with Gasteiger partial charge in [0.15, 0.2) is 0 Å². The van der Waals surface area contributed by atoms with Crippen molar-refractivity contribution in [3.63, 3.8) is 0 Å². The van der Waals surface area contributed by atoms with E-state index >= 15 is 0 Å². The minimum Gasteiger partial charge on any atom is -0.508 e. The first-order valence-electron chi connectivity index (χ1n) is 6.74. The van der Waals surface area contributed by atoms with Gasteiger partial charge in [-0.05, 0) is 42.7 Å². The molecule has 19 heavy (non-hydrogen) atoms. The number of thioether (sulfide) groups is 1. The molecule has 2 aromatic carbocycles. The van der Waals surface area contributed by atoms with Crippen LogP contribution in [0.1, 0.15) is 32.3 Å². The van der Waals surface area contributed by atoms with E-state index < -0.39 is 0 Å². The van der Waals surface area contributed by atoms with Gasteiger partial charge in [-0.1, -0.05) is 44.2 Å². The molecule has 0 radical (unpaired) electrons. The quantitative estimate of drug-likeness (QED) is 0.755. The summed E-state index contributed by atoms with van der Waals surface area (Å²) in [4.78, 5) is 1.20. The average Bonchev–Trinajstić information content (AvgIpc) is 2.48. The highest BCUT2D eigenvalue weighted by Crippen LogP contribution is 2.46. The summed E-state index contributed by atoms with van der Waals surface area (Å²) in [6.07, 6.45) is 2.16. The molecule has 0 aliphatic rings. The predicted octanol–water partition coefficient (Wildman–Crippen LogP) is 5.20. The lowest BCUT2D eigenvalue weighted by atomic mass is 9.93. The first-order chi connectivity index (χ1) is 9.20. The molecule has 1 N–H and O–H groups in total. The molecule has 0 fully saturated rings. The summed E-state index contributed by atoms with van der Waals surface area (Å²) in [6.45, 7) is 4.48. The molecule has 0 aliphatic heterocycles. The lowest BCUT2D eigenvalue weighted by molar-refractivity contribution is 0.475. The Morgan fingerprint density at radius 1 is 0.895 bits per heavy atom. The van der Waals surface area contributed by atoms with Crippen LogP contribution in [-0.2, 0) is 4.75 Å². The Labute approximate surface area is 119 Å². The fraction of sp³-hybridized carbons (Fsp3) is 0.294. The maximum Gasteiger partial charge on any atom is 0.115 e. The second kappa shape index (κ2) is 6.16. The van der Waals surface area contributed by atoms with Crippen molar-refractivity contribution in [2.24, 2.45) is 0 Å². The van der Waals surface area contributed by atoms with E-state index in [2.05, 4.69) is 44.2 Å². The molecule has 100 valence electrons. The average molecular weight is 272 g/mol. The molecule has 2 aromatic rings. The molecular weight excluding hydrogens is 252 g/mol. The minimum absolute atomic E-state index is 0.109. The van der Waals surface area contributed by atoms with Crippen LogP contribution in [0.3, 0.4) is 0 Å². The van der Waals surface area contributed by atoms with Crippen LogP contribution in [0.25, 0.3) is 0 Å². The van der Waals surface area contributed by atoms with Crippen molar-refractivity contribution in [1.29, 1.82) is 0 Å². The van der Waals surface area contributed by atoms with Crippen LogP contribution in [0.5, 0.6) is 5.75 Å². The van der Waals surface area contributed by atoms with E-state index in [0.29, 0.717) is 5.75 Å². The Balaban J connectivity index is 2.32. The Morgan fingerprint density at radius 3 is 2.00 bits per heavy atom. The van der Waals surface area contributed by atoms with Gasteiger partial charge in [0.25, 0.3) is 0 Å². The second-order valence-electron chi connectivity index (χ2n) is 4.66. The molecule has 1 nitrogen and oxygen atoms in total. The summed E-state index contributed by atoms with van der Waals surface area (Å²) in [7, 11) is 0. The van der Waals surface area contributed by atoms with Gasteiger partial charge in [0.1, 0.15) is 5.75 Å². The highest BCUT2D eigenvalue weighted by molar-refractivity contribution is 8.00. The van der Waals surface area contributed by atoms with Crippen molar-refractivity contribution in [3.8, 4) is 5.75 Å². The summed E-state index contributed by atoms with van der Waals surface area (Å²) in [5.41, 5.74) is 1.37. The van der Waals surface area contributed by atoms with Crippen LogP contribution in [-0.4, -0.2) is 5.11 Å². The van der Waals surface area contributed by atoms with E-state index in [-0.39, 0.29) is 4.75 Å². The van der Waals surface area contributed by atoms with Crippen LogP contribution < -0.4 is 0 Å². The number of hydrogen-bond acceptors (Lipinski definition) is 2. The molecular formula is C17H20OS. The van der Waals surface area contributed by atoms with Crippen LogP contribution in [0, 0.1) is 0 Å². The van der Waals surface area contributed by atoms with E-state index in [0.717, 1.165) is 12.8 Å². The Bertz CT molecular complexity index is 501. The molecule has 2 rings (SSSR count). The third kappa shape index (κ3) is 3.13. The third-order valence-corrected chi connectivity index (χ3v) is 5.30. The molecule has 0 bridgehead atoms. The number of hydrogen-bond donors (Lipinski definition) is 1. The van der Waals surface area contributed by atoms with E-state index in [1.54, 1.807) is 12.1 Å². The van der Waals surface area contributed by atoms with Crippen molar-refractivity contribution in [1.82, 2.24) is 0 Å². The molecule has 0 unspecified atom stereocenters. The van der Waals surface area contributed by atoms with Crippen LogP contribution >= 0.6 is 11.8 Å². The van der Waals surface area contributed by atoms with E-state index in [4.69, 9.17) is 0 Å². The smallest absolute Gasteiger partial charge is 0.115 e. The van der Waals surface area contributed by atoms with Crippen molar-refractivity contribution in [3.05, 3.63) is 60.2 Å². The Hall–Kier alpha value is -1.41. The van der Waals surface area contributed by atoms with Crippen molar-refractivity contribution in [2.75, 3.05) is 0 Å². The van der Waals surface area contributed by atoms with E-state index in [1.807, 2.05) is 23.9 Å². The fourth-order valence-electron chi connectivity index (χ4n) is 2.34. The second-order valence-corrected chi connectivity index (χ2v) is 6.12. The first-order valence-corrected chi connectivity index (χ1v) is 7.55. The molecule has 0 heterocycles. The predicted molar refractivity (Wildman–Crippen MR) is 82.7 cm³/mol. The number of benzene rings is 2. The molecule has 0 aliphatic carbocycles. The lowest BCUT2D eigenvalue weighted by Crippen LogP contribution is -2.19. The zero-order chi connectivity index (χ0) is 13.7. The Kier molecular flexibility index (Phi) is 4.54. The summed E-state index contributed by atoms with van der Waals surface area (Å²) in [6, 6.07) is 18.2. The molecule has 0 spiro atoms. The zero-order valence-electron chi connectivity index (χ0n) is 11.5. The maximum atomic E-state index is 9.38. The van der Waals surface area contributed by atoms with Gasteiger partial charge in [-0.25, -0.2) is 0 Å². The van der Waals surface area contributed by atoms with Crippen LogP contribution in [0.15, 0.2) is 59.5 Å². The fourth-order valence-corrected chi connectivity index (χ4v) is 3.61.